The molecule has 0 saturated heterocycles. The van der Waals surface area contributed by atoms with E-state index in [1.165, 1.54) is 5.01 Å². The molecule has 0 aliphatic heterocycles. The van der Waals surface area contributed by atoms with E-state index in [1.807, 2.05) is 13.0 Å². The number of anilines is 1. The van der Waals surface area contributed by atoms with Crippen LogP contribution < -0.4 is 5.32 Å². The van der Waals surface area contributed by atoms with Crippen molar-refractivity contribution in [2.24, 2.45) is 0 Å². The first-order chi connectivity index (χ1) is 7.78. The first-order valence-electron chi connectivity index (χ1n) is 5.24. The van der Waals surface area contributed by atoms with Gasteiger partial charge in [-0.15, -0.1) is 11.3 Å². The van der Waals surface area contributed by atoms with Crippen molar-refractivity contribution in [3.8, 4) is 0 Å². The van der Waals surface area contributed by atoms with Crippen molar-refractivity contribution in [1.82, 2.24) is 15.0 Å². The molecule has 0 saturated carbocycles. The van der Waals surface area contributed by atoms with Gasteiger partial charge in [0.05, 0.1) is 17.2 Å². The lowest BCUT2D eigenvalue weighted by molar-refractivity contribution is 0.982. The highest BCUT2D eigenvalue weighted by Gasteiger charge is 2.00. The van der Waals surface area contributed by atoms with Crippen molar-refractivity contribution in [1.29, 1.82) is 0 Å². The molecule has 0 aliphatic carbocycles. The van der Waals surface area contributed by atoms with E-state index in [0.717, 1.165) is 23.8 Å². The number of hydrogen-bond donors (Lipinski definition) is 1. The van der Waals surface area contributed by atoms with Crippen molar-refractivity contribution in [3.63, 3.8) is 0 Å². The molecule has 4 nitrogen and oxygen atoms in total. The predicted molar refractivity (Wildman–Crippen MR) is 65.6 cm³/mol. The van der Waals surface area contributed by atoms with Crippen LogP contribution in [0.15, 0.2) is 17.6 Å². The van der Waals surface area contributed by atoms with Gasteiger partial charge < -0.3 is 5.32 Å². The molecule has 2 heterocycles. The van der Waals surface area contributed by atoms with Crippen LogP contribution in [0.4, 0.5) is 5.82 Å². The van der Waals surface area contributed by atoms with E-state index in [2.05, 4.69) is 32.6 Å². The second-order valence-corrected chi connectivity index (χ2v) is 4.37. The lowest BCUT2D eigenvalue weighted by atomic mass is 10.4. The van der Waals surface area contributed by atoms with Crippen LogP contribution in [0.25, 0.3) is 0 Å². The average Bonchev–Trinajstić information content (AvgIpc) is 2.74. The van der Waals surface area contributed by atoms with Crippen LogP contribution in [0.5, 0.6) is 0 Å². The lowest BCUT2D eigenvalue weighted by Crippen LogP contribution is -2.03. The number of rotatable bonds is 4. The highest BCUT2D eigenvalue weighted by Crippen LogP contribution is 2.11. The summed E-state index contributed by atoms with van der Waals surface area (Å²) < 4.78 is 0. The Morgan fingerprint density at radius 1 is 1.38 bits per heavy atom. The summed E-state index contributed by atoms with van der Waals surface area (Å²) in [5, 5.41) is 6.49. The van der Waals surface area contributed by atoms with Gasteiger partial charge in [0.2, 0.25) is 0 Å². The molecule has 0 amide bonds. The normalized spacial score (nSPS) is 10.4. The summed E-state index contributed by atoms with van der Waals surface area (Å²) in [6.07, 6.45) is 2.75. The third-order valence-electron chi connectivity index (χ3n) is 2.13. The SMILES string of the molecule is CCc1nc(CNc2ccnc(C)n2)cs1. The topological polar surface area (TPSA) is 50.7 Å². The standard InChI is InChI=1S/C11H14N4S/c1-3-11-15-9(7-16-11)6-13-10-4-5-12-8(2)14-10/h4-5,7H,3,6H2,1-2H3,(H,12,13,14). The molecule has 5 heteroatoms. The molecule has 0 spiro atoms. The molecule has 84 valence electrons. The Balaban J connectivity index is 1.96. The number of thiazole rings is 1. The molecule has 2 rings (SSSR count). The molecule has 1 N–H and O–H groups in total. The highest BCUT2D eigenvalue weighted by atomic mass is 32.1. The number of nitrogens with one attached hydrogen (secondary N) is 1. The van der Waals surface area contributed by atoms with Gasteiger partial charge in [-0.1, -0.05) is 6.92 Å². The van der Waals surface area contributed by atoms with Crippen LogP contribution in [-0.2, 0) is 13.0 Å². The van der Waals surface area contributed by atoms with Gasteiger partial charge in [0.1, 0.15) is 11.6 Å². The van der Waals surface area contributed by atoms with Gasteiger partial charge in [0.15, 0.2) is 0 Å². The van der Waals surface area contributed by atoms with Gasteiger partial charge in [-0.3, -0.25) is 0 Å². The minimum Gasteiger partial charge on any atom is -0.364 e. The maximum atomic E-state index is 4.48. The van der Waals surface area contributed by atoms with Crippen molar-refractivity contribution in [3.05, 3.63) is 34.2 Å². The second-order valence-electron chi connectivity index (χ2n) is 3.43. The minimum absolute atomic E-state index is 0.715. The summed E-state index contributed by atoms with van der Waals surface area (Å²) in [6, 6.07) is 1.86. The zero-order valence-electron chi connectivity index (χ0n) is 9.40. The molecular formula is C11H14N4S. The van der Waals surface area contributed by atoms with E-state index in [4.69, 9.17) is 0 Å². The van der Waals surface area contributed by atoms with E-state index in [9.17, 15) is 0 Å². The van der Waals surface area contributed by atoms with Gasteiger partial charge in [0.25, 0.3) is 0 Å². The quantitative estimate of drug-likeness (QED) is 0.882. The lowest BCUT2D eigenvalue weighted by Gasteiger charge is -2.03. The Morgan fingerprint density at radius 2 is 2.25 bits per heavy atom. The zero-order valence-corrected chi connectivity index (χ0v) is 10.2. The van der Waals surface area contributed by atoms with Gasteiger partial charge in [-0.2, -0.15) is 0 Å². The molecule has 0 radical (unpaired) electrons. The first-order valence-corrected chi connectivity index (χ1v) is 6.12. The molecule has 16 heavy (non-hydrogen) atoms. The fraction of sp³-hybridized carbons (Fsp3) is 0.364. The fourth-order valence-corrected chi connectivity index (χ4v) is 2.07. The Morgan fingerprint density at radius 3 is 2.94 bits per heavy atom. The van der Waals surface area contributed by atoms with Crippen molar-refractivity contribution in [2.75, 3.05) is 5.32 Å². The molecule has 0 atom stereocenters. The van der Waals surface area contributed by atoms with Gasteiger partial charge in [-0.05, 0) is 19.4 Å². The maximum absolute atomic E-state index is 4.48. The first kappa shape index (κ1) is 11.0. The highest BCUT2D eigenvalue weighted by molar-refractivity contribution is 7.09. The summed E-state index contributed by atoms with van der Waals surface area (Å²) in [5.74, 6) is 1.62. The average molecular weight is 234 g/mol. The predicted octanol–water partition coefficient (Wildman–Crippen LogP) is 2.42. The summed E-state index contributed by atoms with van der Waals surface area (Å²) in [5.41, 5.74) is 1.07. The van der Waals surface area contributed by atoms with Crippen molar-refractivity contribution >= 4 is 17.2 Å². The van der Waals surface area contributed by atoms with Crippen molar-refractivity contribution < 1.29 is 0 Å². The molecule has 0 unspecified atom stereocenters. The van der Waals surface area contributed by atoms with Gasteiger partial charge in [-0.25, -0.2) is 15.0 Å². The van der Waals surface area contributed by atoms with E-state index in [0.29, 0.717) is 6.54 Å². The monoisotopic (exact) mass is 234 g/mol. The second kappa shape index (κ2) is 5.03. The maximum Gasteiger partial charge on any atom is 0.129 e. The Hall–Kier alpha value is -1.49. The van der Waals surface area contributed by atoms with Crippen LogP contribution in [0.2, 0.25) is 0 Å². The van der Waals surface area contributed by atoms with E-state index >= 15 is 0 Å². The molecule has 2 aromatic rings. The molecule has 0 aromatic carbocycles. The molecule has 0 bridgehead atoms. The summed E-state index contributed by atoms with van der Waals surface area (Å²) >= 11 is 1.70. The summed E-state index contributed by atoms with van der Waals surface area (Å²) in [6.45, 7) is 4.71. The number of nitrogens with zero attached hydrogens (tertiary/aromatic N) is 3. The van der Waals surface area contributed by atoms with Crippen LogP contribution in [0.1, 0.15) is 23.4 Å². The van der Waals surface area contributed by atoms with Crippen LogP contribution in [-0.4, -0.2) is 15.0 Å². The van der Waals surface area contributed by atoms with Crippen LogP contribution in [0.3, 0.4) is 0 Å². The largest absolute Gasteiger partial charge is 0.364 e. The van der Waals surface area contributed by atoms with Crippen molar-refractivity contribution in [2.45, 2.75) is 26.8 Å². The molecular weight excluding hydrogens is 220 g/mol. The third-order valence-corrected chi connectivity index (χ3v) is 3.17. The molecule has 0 fully saturated rings. The molecule has 2 aromatic heterocycles. The Kier molecular flexibility index (Phi) is 3.46. The minimum atomic E-state index is 0.715. The Bertz CT molecular complexity index is 467. The smallest absolute Gasteiger partial charge is 0.129 e. The summed E-state index contributed by atoms with van der Waals surface area (Å²) in [7, 11) is 0. The number of aryl methyl sites for hydroxylation is 2. The summed E-state index contributed by atoms with van der Waals surface area (Å²) in [4.78, 5) is 12.8. The van der Waals surface area contributed by atoms with E-state index in [-0.39, 0.29) is 0 Å². The molecule has 0 aliphatic rings. The van der Waals surface area contributed by atoms with E-state index < -0.39 is 0 Å². The van der Waals surface area contributed by atoms with Gasteiger partial charge >= 0.3 is 0 Å². The Labute approximate surface area is 98.8 Å². The third kappa shape index (κ3) is 2.76. The van der Waals surface area contributed by atoms with Gasteiger partial charge in [0, 0.05) is 11.6 Å². The van der Waals surface area contributed by atoms with Crippen LogP contribution >= 0.6 is 11.3 Å². The van der Waals surface area contributed by atoms with Crippen LogP contribution in [0, 0.1) is 6.92 Å². The number of aromatic nitrogens is 3. The number of hydrogen-bond acceptors (Lipinski definition) is 5. The zero-order chi connectivity index (χ0) is 11.4. The fourth-order valence-electron chi connectivity index (χ4n) is 1.33. The van der Waals surface area contributed by atoms with E-state index in [1.54, 1.807) is 17.5 Å².